The number of benzene rings is 2. The third kappa shape index (κ3) is 7.13. The van der Waals surface area contributed by atoms with Gasteiger partial charge in [-0.15, -0.1) is 0 Å². The van der Waals surface area contributed by atoms with Gasteiger partial charge >= 0.3 is 0 Å². The van der Waals surface area contributed by atoms with Crippen molar-refractivity contribution in [3.63, 3.8) is 0 Å². The Kier molecular flexibility index (Phi) is 7.24. The van der Waals surface area contributed by atoms with Crippen LogP contribution in [-0.4, -0.2) is 18.4 Å². The molecule has 0 heterocycles. The van der Waals surface area contributed by atoms with Gasteiger partial charge in [-0.3, -0.25) is 9.59 Å². The van der Waals surface area contributed by atoms with Gasteiger partial charge in [0.1, 0.15) is 0 Å². The van der Waals surface area contributed by atoms with Crippen molar-refractivity contribution < 1.29 is 9.59 Å². The average molecular weight is 451 g/mol. The third-order valence-corrected chi connectivity index (χ3v) is 4.06. The summed E-state index contributed by atoms with van der Waals surface area (Å²) in [6.45, 7) is 4.19. The molecule has 0 aliphatic heterocycles. The maximum atomic E-state index is 12.0. The standard InChI is InChI=1S/C19H22IN3O2/c1-13(2)11-18(24)22-16-7-9-17(10-8-16)23-19(25)12-21-15-5-3-14(20)4-6-15/h3-10,13,21H,11-12H2,1-2H3,(H,22,24)(H,23,25). The van der Waals surface area contributed by atoms with Crippen LogP contribution in [0.25, 0.3) is 0 Å². The molecule has 0 spiro atoms. The second-order valence-corrected chi connectivity index (χ2v) is 7.38. The van der Waals surface area contributed by atoms with E-state index >= 15 is 0 Å². The van der Waals surface area contributed by atoms with E-state index < -0.39 is 0 Å². The molecule has 2 aromatic carbocycles. The predicted octanol–water partition coefficient (Wildman–Crippen LogP) is 4.33. The third-order valence-electron chi connectivity index (χ3n) is 3.34. The summed E-state index contributed by atoms with van der Waals surface area (Å²) in [4.78, 5) is 23.7. The van der Waals surface area contributed by atoms with Gasteiger partial charge in [0.25, 0.3) is 0 Å². The van der Waals surface area contributed by atoms with Crippen LogP contribution in [0.2, 0.25) is 0 Å². The SMILES string of the molecule is CC(C)CC(=O)Nc1ccc(NC(=O)CNc2ccc(I)cc2)cc1. The first-order valence-electron chi connectivity index (χ1n) is 8.11. The summed E-state index contributed by atoms with van der Waals surface area (Å²) in [5, 5.41) is 8.74. The second kappa shape index (κ2) is 9.41. The fourth-order valence-electron chi connectivity index (χ4n) is 2.17. The first-order chi connectivity index (χ1) is 11.9. The van der Waals surface area contributed by atoms with Gasteiger partial charge in [0.2, 0.25) is 11.8 Å². The molecule has 0 aromatic heterocycles. The Hall–Kier alpha value is -2.09. The van der Waals surface area contributed by atoms with Crippen molar-refractivity contribution in [3.8, 4) is 0 Å². The zero-order chi connectivity index (χ0) is 18.2. The van der Waals surface area contributed by atoms with Gasteiger partial charge < -0.3 is 16.0 Å². The molecule has 0 unspecified atom stereocenters. The molecule has 5 nitrogen and oxygen atoms in total. The predicted molar refractivity (Wildman–Crippen MR) is 111 cm³/mol. The van der Waals surface area contributed by atoms with Crippen LogP contribution in [0.15, 0.2) is 48.5 Å². The van der Waals surface area contributed by atoms with Gasteiger partial charge in [0, 0.05) is 27.1 Å². The van der Waals surface area contributed by atoms with E-state index in [0.29, 0.717) is 18.0 Å². The Bertz CT molecular complexity index is 712. The highest BCUT2D eigenvalue weighted by Crippen LogP contribution is 2.15. The maximum absolute atomic E-state index is 12.0. The average Bonchev–Trinajstić information content (AvgIpc) is 2.55. The number of carbonyl (C=O) groups is 2. The van der Waals surface area contributed by atoms with Crippen molar-refractivity contribution in [2.75, 3.05) is 22.5 Å². The van der Waals surface area contributed by atoms with Crippen molar-refractivity contribution in [3.05, 3.63) is 52.1 Å². The molecule has 2 aromatic rings. The zero-order valence-electron chi connectivity index (χ0n) is 14.3. The lowest BCUT2D eigenvalue weighted by molar-refractivity contribution is -0.117. The maximum Gasteiger partial charge on any atom is 0.243 e. The summed E-state index contributed by atoms with van der Waals surface area (Å²) in [6.07, 6.45) is 0.489. The Morgan fingerprint density at radius 1 is 0.840 bits per heavy atom. The number of anilines is 3. The van der Waals surface area contributed by atoms with E-state index in [2.05, 4.69) is 38.5 Å². The van der Waals surface area contributed by atoms with Crippen LogP contribution < -0.4 is 16.0 Å². The van der Waals surface area contributed by atoms with Crippen LogP contribution in [0.1, 0.15) is 20.3 Å². The van der Waals surface area contributed by atoms with Crippen LogP contribution in [0.4, 0.5) is 17.1 Å². The molecule has 2 amide bonds. The van der Waals surface area contributed by atoms with E-state index in [1.54, 1.807) is 24.3 Å². The highest BCUT2D eigenvalue weighted by Gasteiger charge is 2.06. The van der Waals surface area contributed by atoms with Crippen molar-refractivity contribution >= 4 is 51.5 Å². The number of hydrogen-bond acceptors (Lipinski definition) is 3. The number of hydrogen-bond donors (Lipinski definition) is 3. The Morgan fingerprint density at radius 3 is 1.84 bits per heavy atom. The van der Waals surface area contributed by atoms with Crippen molar-refractivity contribution in [1.82, 2.24) is 0 Å². The number of nitrogens with one attached hydrogen (secondary N) is 3. The fourth-order valence-corrected chi connectivity index (χ4v) is 2.53. The van der Waals surface area contributed by atoms with E-state index in [4.69, 9.17) is 0 Å². The molecule has 2 rings (SSSR count). The van der Waals surface area contributed by atoms with Gasteiger partial charge in [0.15, 0.2) is 0 Å². The Labute approximate surface area is 161 Å². The summed E-state index contributed by atoms with van der Waals surface area (Å²) >= 11 is 2.24. The number of rotatable bonds is 7. The highest BCUT2D eigenvalue weighted by atomic mass is 127. The molecule has 0 fully saturated rings. The lowest BCUT2D eigenvalue weighted by Crippen LogP contribution is -2.21. The molecule has 0 radical (unpaired) electrons. The van der Waals surface area contributed by atoms with E-state index in [9.17, 15) is 9.59 Å². The van der Waals surface area contributed by atoms with Gasteiger partial charge in [-0.05, 0) is 77.0 Å². The fraction of sp³-hybridized carbons (Fsp3) is 0.263. The van der Waals surface area contributed by atoms with Crippen molar-refractivity contribution in [1.29, 1.82) is 0 Å². The number of halogens is 1. The van der Waals surface area contributed by atoms with Crippen LogP contribution in [0, 0.1) is 9.49 Å². The molecular weight excluding hydrogens is 429 g/mol. The van der Waals surface area contributed by atoms with Crippen molar-refractivity contribution in [2.45, 2.75) is 20.3 Å². The second-order valence-electron chi connectivity index (χ2n) is 6.13. The zero-order valence-corrected chi connectivity index (χ0v) is 16.5. The summed E-state index contributed by atoms with van der Waals surface area (Å²) in [7, 11) is 0. The molecule has 0 saturated heterocycles. The van der Waals surface area contributed by atoms with Gasteiger partial charge in [0.05, 0.1) is 6.54 Å². The van der Waals surface area contributed by atoms with E-state index in [-0.39, 0.29) is 18.4 Å². The summed E-state index contributed by atoms with van der Waals surface area (Å²) in [5.74, 6) is 0.183. The minimum absolute atomic E-state index is 0.00601. The van der Waals surface area contributed by atoms with E-state index in [1.807, 2.05) is 38.1 Å². The first-order valence-corrected chi connectivity index (χ1v) is 9.19. The molecule has 0 atom stereocenters. The highest BCUT2D eigenvalue weighted by molar-refractivity contribution is 14.1. The van der Waals surface area contributed by atoms with Crippen molar-refractivity contribution in [2.24, 2.45) is 5.92 Å². The molecule has 6 heteroatoms. The van der Waals surface area contributed by atoms with Crippen LogP contribution in [0.3, 0.4) is 0 Å². The Balaban J connectivity index is 1.80. The first kappa shape index (κ1) is 19.2. The summed E-state index contributed by atoms with van der Waals surface area (Å²) in [5.41, 5.74) is 2.32. The minimum atomic E-state index is -0.129. The van der Waals surface area contributed by atoms with Gasteiger partial charge in [-0.25, -0.2) is 0 Å². The van der Waals surface area contributed by atoms with Gasteiger partial charge in [-0.1, -0.05) is 13.8 Å². The molecule has 0 aliphatic rings. The topological polar surface area (TPSA) is 70.2 Å². The summed E-state index contributed by atoms with van der Waals surface area (Å²) < 4.78 is 1.15. The summed E-state index contributed by atoms with van der Waals surface area (Å²) in [6, 6.07) is 14.9. The normalized spacial score (nSPS) is 10.4. The number of carbonyl (C=O) groups excluding carboxylic acids is 2. The molecule has 0 saturated carbocycles. The van der Waals surface area contributed by atoms with Crippen LogP contribution >= 0.6 is 22.6 Å². The molecule has 0 bridgehead atoms. The lowest BCUT2D eigenvalue weighted by atomic mass is 10.1. The lowest BCUT2D eigenvalue weighted by Gasteiger charge is -2.10. The van der Waals surface area contributed by atoms with E-state index in [1.165, 1.54) is 0 Å². The largest absolute Gasteiger partial charge is 0.376 e. The van der Waals surface area contributed by atoms with E-state index in [0.717, 1.165) is 14.9 Å². The quantitative estimate of drug-likeness (QED) is 0.549. The van der Waals surface area contributed by atoms with Gasteiger partial charge in [-0.2, -0.15) is 0 Å². The smallest absolute Gasteiger partial charge is 0.243 e. The monoisotopic (exact) mass is 451 g/mol. The van der Waals surface area contributed by atoms with Crippen LogP contribution in [-0.2, 0) is 9.59 Å². The molecule has 132 valence electrons. The minimum Gasteiger partial charge on any atom is -0.376 e. The molecule has 3 N–H and O–H groups in total. The van der Waals surface area contributed by atoms with Crippen LogP contribution in [0.5, 0.6) is 0 Å². The Morgan fingerprint density at radius 2 is 1.32 bits per heavy atom. The molecule has 25 heavy (non-hydrogen) atoms. The molecule has 0 aliphatic carbocycles. The molecular formula is C19H22IN3O2. The number of amides is 2.